The molecule has 154 valence electrons. The van der Waals surface area contributed by atoms with Crippen LogP contribution in [0, 0.1) is 12.8 Å². The van der Waals surface area contributed by atoms with Gasteiger partial charge in [-0.1, -0.05) is 11.6 Å². The van der Waals surface area contributed by atoms with E-state index < -0.39 is 0 Å². The number of nitrogens with two attached hydrogens (primary N) is 1. The van der Waals surface area contributed by atoms with E-state index in [1.54, 1.807) is 30.2 Å². The molecule has 0 saturated carbocycles. The maximum absolute atomic E-state index is 12.4. The average molecular weight is 417 g/mol. The van der Waals surface area contributed by atoms with E-state index >= 15 is 0 Å². The molecule has 0 spiro atoms. The van der Waals surface area contributed by atoms with Crippen molar-refractivity contribution in [1.82, 2.24) is 25.2 Å². The van der Waals surface area contributed by atoms with Gasteiger partial charge in [-0.2, -0.15) is 0 Å². The maximum atomic E-state index is 12.4. The summed E-state index contributed by atoms with van der Waals surface area (Å²) in [5, 5.41) is 3.08. The van der Waals surface area contributed by atoms with Crippen molar-refractivity contribution >= 4 is 29.2 Å². The summed E-state index contributed by atoms with van der Waals surface area (Å²) in [6, 6.07) is 3.35. The van der Waals surface area contributed by atoms with Gasteiger partial charge in [-0.05, 0) is 50.7 Å². The van der Waals surface area contributed by atoms with Gasteiger partial charge in [0.1, 0.15) is 16.8 Å². The summed E-state index contributed by atoms with van der Waals surface area (Å²) >= 11 is 6.20. The van der Waals surface area contributed by atoms with Gasteiger partial charge in [0.15, 0.2) is 0 Å². The van der Waals surface area contributed by atoms with Crippen molar-refractivity contribution in [1.29, 1.82) is 0 Å². The highest BCUT2D eigenvalue weighted by Crippen LogP contribution is 2.26. The number of amides is 2. The van der Waals surface area contributed by atoms with Crippen molar-refractivity contribution in [3.05, 3.63) is 46.6 Å². The monoisotopic (exact) mass is 416 g/mol. The first-order valence-electron chi connectivity index (χ1n) is 9.68. The number of halogens is 1. The Morgan fingerprint density at radius 3 is 2.72 bits per heavy atom. The van der Waals surface area contributed by atoms with Crippen molar-refractivity contribution < 1.29 is 9.59 Å². The van der Waals surface area contributed by atoms with Gasteiger partial charge < -0.3 is 16.0 Å². The number of carbonyl (C=O) groups is 2. The molecule has 0 radical (unpaired) electrons. The third kappa shape index (κ3) is 5.63. The molecule has 1 saturated heterocycles. The number of pyridine rings is 1. The zero-order valence-electron chi connectivity index (χ0n) is 16.4. The molecule has 0 unspecified atom stereocenters. The largest absolute Gasteiger partial charge is 0.383 e. The number of aryl methyl sites for hydroxylation is 1. The minimum absolute atomic E-state index is 0.00869. The van der Waals surface area contributed by atoms with Crippen LogP contribution in [0.15, 0.2) is 24.5 Å². The number of likely N-dealkylation sites (tertiary alicyclic amines) is 1. The predicted octanol–water partition coefficient (Wildman–Crippen LogP) is 2.02. The summed E-state index contributed by atoms with van der Waals surface area (Å²) < 4.78 is 0. The van der Waals surface area contributed by atoms with E-state index in [1.165, 1.54) is 6.20 Å². The van der Waals surface area contributed by atoms with Crippen LogP contribution in [0.2, 0.25) is 5.15 Å². The average Bonchev–Trinajstić information content (AvgIpc) is 2.72. The number of nitrogen functional groups attached to an aromatic ring is 1. The van der Waals surface area contributed by atoms with E-state index in [2.05, 4.69) is 20.3 Å². The van der Waals surface area contributed by atoms with Crippen molar-refractivity contribution in [3.63, 3.8) is 0 Å². The SMILES string of the molecule is Cc1nc(N)c(CCC2CCN(C(=O)CNC(=O)c3cccnc3)CC2)c(Cl)n1. The van der Waals surface area contributed by atoms with Crippen LogP contribution in [0.1, 0.15) is 41.0 Å². The molecular formula is C20H25ClN6O2. The van der Waals surface area contributed by atoms with Gasteiger partial charge in [0.2, 0.25) is 5.91 Å². The van der Waals surface area contributed by atoms with Crippen LogP contribution in [0.5, 0.6) is 0 Å². The van der Waals surface area contributed by atoms with Gasteiger partial charge in [-0.3, -0.25) is 14.6 Å². The molecule has 2 aromatic heterocycles. The van der Waals surface area contributed by atoms with Crippen molar-refractivity contribution in [3.8, 4) is 0 Å². The summed E-state index contributed by atoms with van der Waals surface area (Å²) in [5.74, 6) is 1.13. The number of hydrogen-bond donors (Lipinski definition) is 2. The Hall–Kier alpha value is -2.74. The Kier molecular flexibility index (Phi) is 6.98. The normalized spacial score (nSPS) is 14.6. The number of nitrogens with zero attached hydrogens (tertiary/aromatic N) is 4. The molecular weight excluding hydrogens is 392 g/mol. The molecule has 29 heavy (non-hydrogen) atoms. The second-order valence-corrected chi connectivity index (χ2v) is 7.57. The van der Waals surface area contributed by atoms with Crippen molar-refractivity contribution in [2.45, 2.75) is 32.6 Å². The molecule has 0 aliphatic carbocycles. The molecule has 2 aromatic rings. The lowest BCUT2D eigenvalue weighted by molar-refractivity contribution is -0.131. The fourth-order valence-corrected chi connectivity index (χ4v) is 3.81. The molecule has 1 fully saturated rings. The summed E-state index contributed by atoms with van der Waals surface area (Å²) in [7, 11) is 0. The van der Waals surface area contributed by atoms with Crippen LogP contribution in [0.4, 0.5) is 5.82 Å². The fourth-order valence-electron chi connectivity index (χ4n) is 3.50. The summed E-state index contributed by atoms with van der Waals surface area (Å²) in [5.41, 5.74) is 7.21. The Bertz CT molecular complexity index is 846. The number of rotatable bonds is 6. The van der Waals surface area contributed by atoms with Crippen LogP contribution in [-0.2, 0) is 11.2 Å². The van der Waals surface area contributed by atoms with Crippen molar-refractivity contribution in [2.75, 3.05) is 25.4 Å². The third-order valence-electron chi connectivity index (χ3n) is 5.19. The van der Waals surface area contributed by atoms with E-state index in [0.29, 0.717) is 41.4 Å². The van der Waals surface area contributed by atoms with Gasteiger partial charge in [0.25, 0.3) is 5.91 Å². The third-order valence-corrected chi connectivity index (χ3v) is 5.51. The second kappa shape index (κ2) is 9.65. The zero-order valence-corrected chi connectivity index (χ0v) is 17.2. The molecule has 1 aliphatic heterocycles. The Morgan fingerprint density at radius 1 is 1.31 bits per heavy atom. The van der Waals surface area contributed by atoms with Crippen LogP contribution in [0.3, 0.4) is 0 Å². The summed E-state index contributed by atoms with van der Waals surface area (Å²) in [6.45, 7) is 3.11. The summed E-state index contributed by atoms with van der Waals surface area (Å²) in [6.07, 6.45) is 6.55. The number of aromatic nitrogens is 3. The second-order valence-electron chi connectivity index (χ2n) is 7.21. The van der Waals surface area contributed by atoms with Gasteiger partial charge in [0, 0.05) is 31.0 Å². The lowest BCUT2D eigenvalue weighted by Crippen LogP contribution is -2.44. The summed E-state index contributed by atoms with van der Waals surface area (Å²) in [4.78, 5) is 38.5. The predicted molar refractivity (Wildman–Crippen MR) is 110 cm³/mol. The first-order chi connectivity index (χ1) is 13.9. The van der Waals surface area contributed by atoms with Crippen LogP contribution in [0.25, 0.3) is 0 Å². The first kappa shape index (κ1) is 21.0. The lowest BCUT2D eigenvalue weighted by atomic mass is 9.91. The number of hydrogen-bond acceptors (Lipinski definition) is 6. The van der Waals surface area contributed by atoms with E-state index in [1.807, 2.05) is 0 Å². The van der Waals surface area contributed by atoms with E-state index in [4.69, 9.17) is 17.3 Å². The topological polar surface area (TPSA) is 114 Å². The van der Waals surface area contributed by atoms with E-state index in [0.717, 1.165) is 31.2 Å². The highest BCUT2D eigenvalue weighted by atomic mass is 35.5. The maximum Gasteiger partial charge on any atom is 0.253 e. The minimum Gasteiger partial charge on any atom is -0.383 e. The van der Waals surface area contributed by atoms with Gasteiger partial charge in [-0.15, -0.1) is 0 Å². The molecule has 2 amide bonds. The Morgan fingerprint density at radius 2 is 2.07 bits per heavy atom. The molecule has 3 N–H and O–H groups in total. The minimum atomic E-state index is -0.295. The molecule has 8 nitrogen and oxygen atoms in total. The molecule has 3 rings (SSSR count). The highest BCUT2D eigenvalue weighted by Gasteiger charge is 2.23. The molecule has 0 aromatic carbocycles. The lowest BCUT2D eigenvalue weighted by Gasteiger charge is -2.32. The molecule has 3 heterocycles. The van der Waals surface area contributed by atoms with Crippen LogP contribution >= 0.6 is 11.6 Å². The fraction of sp³-hybridized carbons (Fsp3) is 0.450. The van der Waals surface area contributed by atoms with Crippen molar-refractivity contribution in [2.24, 2.45) is 5.92 Å². The molecule has 1 aliphatic rings. The molecule has 9 heteroatoms. The van der Waals surface area contributed by atoms with Gasteiger partial charge >= 0.3 is 0 Å². The quantitative estimate of drug-likeness (QED) is 0.696. The first-order valence-corrected chi connectivity index (χ1v) is 10.1. The number of carbonyl (C=O) groups excluding carboxylic acids is 2. The van der Waals surface area contributed by atoms with Gasteiger partial charge in [0.05, 0.1) is 12.1 Å². The Labute approximate surface area is 174 Å². The Balaban J connectivity index is 1.42. The molecule has 0 bridgehead atoms. The van der Waals surface area contributed by atoms with E-state index in [-0.39, 0.29) is 18.4 Å². The van der Waals surface area contributed by atoms with Gasteiger partial charge in [-0.25, -0.2) is 9.97 Å². The standard InChI is InChI=1S/C20H25ClN6O2/c1-13-25-18(21)16(19(22)26-13)5-4-14-6-9-27(10-7-14)17(28)12-24-20(29)15-3-2-8-23-11-15/h2-3,8,11,14H,4-7,9-10,12H2,1H3,(H,24,29)(H2,22,25,26). The number of piperidine rings is 1. The number of nitrogens with one attached hydrogen (secondary N) is 1. The van der Waals surface area contributed by atoms with Crippen LogP contribution < -0.4 is 11.1 Å². The highest BCUT2D eigenvalue weighted by molar-refractivity contribution is 6.30. The smallest absolute Gasteiger partial charge is 0.253 e. The zero-order chi connectivity index (χ0) is 20.8. The molecule has 0 atom stereocenters. The number of anilines is 1. The van der Waals surface area contributed by atoms with Crippen LogP contribution in [-0.4, -0.2) is 51.3 Å². The van der Waals surface area contributed by atoms with E-state index in [9.17, 15) is 9.59 Å².